The third kappa shape index (κ3) is 3.70. The van der Waals surface area contributed by atoms with E-state index in [2.05, 4.69) is 0 Å². The normalized spacial score (nSPS) is 12.2. The highest BCUT2D eigenvalue weighted by atomic mass is 32.2. The Morgan fingerprint density at radius 1 is 0.750 bits per heavy atom. The van der Waals surface area contributed by atoms with Crippen molar-refractivity contribution in [3.05, 3.63) is 58.7 Å². The smallest absolute Gasteiger partial charge is 0.289 e. The van der Waals surface area contributed by atoms with Gasteiger partial charge in [0, 0.05) is 11.1 Å². The number of rotatable bonds is 4. The van der Waals surface area contributed by atoms with E-state index in [4.69, 9.17) is 0 Å². The van der Waals surface area contributed by atoms with Crippen molar-refractivity contribution in [3.63, 3.8) is 0 Å². The van der Waals surface area contributed by atoms with Gasteiger partial charge in [-0.25, -0.2) is 0 Å². The fraction of sp³-hybridized carbons (Fsp3) is 0.133. The standard InChI is InChI=1S/C15H14O7S2/c1-9-3-5-13(23(17,18)19)11(7-9)15(16)12-8-10(2)4-6-14(12)24(20,21)22/h3-8H,1-2H3,(H,17,18,19)(H,20,21,22). The van der Waals surface area contributed by atoms with Gasteiger partial charge in [0.1, 0.15) is 9.79 Å². The quantitative estimate of drug-likeness (QED) is 0.623. The highest BCUT2D eigenvalue weighted by Gasteiger charge is 2.26. The Morgan fingerprint density at radius 3 is 1.38 bits per heavy atom. The van der Waals surface area contributed by atoms with E-state index < -0.39 is 35.8 Å². The van der Waals surface area contributed by atoms with Crippen LogP contribution in [0.5, 0.6) is 0 Å². The molecule has 0 radical (unpaired) electrons. The van der Waals surface area contributed by atoms with Crippen LogP contribution in [-0.4, -0.2) is 31.7 Å². The first kappa shape index (κ1) is 18.3. The zero-order valence-corrected chi connectivity index (χ0v) is 14.3. The van der Waals surface area contributed by atoms with Crippen molar-refractivity contribution in [3.8, 4) is 0 Å². The molecular formula is C15H14O7S2. The zero-order chi connectivity index (χ0) is 18.3. The number of carbonyl (C=O) groups is 1. The Labute approximate surface area is 139 Å². The first-order valence-electron chi connectivity index (χ1n) is 6.62. The summed E-state index contributed by atoms with van der Waals surface area (Å²) in [6.07, 6.45) is 0. The largest absolute Gasteiger partial charge is 0.295 e. The molecule has 7 nitrogen and oxygen atoms in total. The first-order valence-corrected chi connectivity index (χ1v) is 9.50. The van der Waals surface area contributed by atoms with E-state index in [1.807, 2.05) is 0 Å². The minimum atomic E-state index is -4.69. The van der Waals surface area contributed by atoms with Crippen molar-refractivity contribution < 1.29 is 30.7 Å². The number of ketones is 1. The number of aryl methyl sites for hydroxylation is 2. The number of benzene rings is 2. The molecule has 128 valence electrons. The average molecular weight is 370 g/mol. The molecule has 0 heterocycles. The van der Waals surface area contributed by atoms with Crippen molar-refractivity contribution in [1.29, 1.82) is 0 Å². The fourth-order valence-corrected chi connectivity index (χ4v) is 3.58. The van der Waals surface area contributed by atoms with Gasteiger partial charge in [0.05, 0.1) is 0 Å². The van der Waals surface area contributed by atoms with E-state index >= 15 is 0 Å². The van der Waals surface area contributed by atoms with Crippen molar-refractivity contribution in [2.45, 2.75) is 23.6 Å². The van der Waals surface area contributed by atoms with E-state index in [1.54, 1.807) is 13.8 Å². The molecule has 2 rings (SSSR count). The molecule has 0 aliphatic rings. The molecule has 0 aromatic heterocycles. The van der Waals surface area contributed by atoms with Crippen LogP contribution in [0, 0.1) is 13.8 Å². The van der Waals surface area contributed by atoms with Crippen molar-refractivity contribution in [2.75, 3.05) is 0 Å². The minimum Gasteiger partial charge on any atom is -0.289 e. The Morgan fingerprint density at radius 2 is 1.08 bits per heavy atom. The van der Waals surface area contributed by atoms with Gasteiger partial charge in [-0.05, 0) is 38.1 Å². The van der Waals surface area contributed by atoms with Gasteiger partial charge in [-0.1, -0.05) is 23.3 Å². The molecule has 9 heteroatoms. The summed E-state index contributed by atoms with van der Waals surface area (Å²) in [6.45, 7) is 3.20. The lowest BCUT2D eigenvalue weighted by Gasteiger charge is -2.11. The Hall–Kier alpha value is -2.07. The molecule has 2 aromatic carbocycles. The zero-order valence-electron chi connectivity index (χ0n) is 12.7. The van der Waals surface area contributed by atoms with Gasteiger partial charge in [0.25, 0.3) is 20.2 Å². The maximum atomic E-state index is 12.7. The van der Waals surface area contributed by atoms with E-state index in [1.165, 1.54) is 24.3 Å². The fourth-order valence-electron chi connectivity index (χ4n) is 2.24. The van der Waals surface area contributed by atoms with E-state index in [-0.39, 0.29) is 11.1 Å². The second-order valence-corrected chi connectivity index (χ2v) is 8.06. The molecule has 0 aliphatic heterocycles. The lowest BCUT2D eigenvalue weighted by molar-refractivity contribution is 0.103. The highest BCUT2D eigenvalue weighted by molar-refractivity contribution is 7.86. The van der Waals surface area contributed by atoms with Crippen LogP contribution in [0.15, 0.2) is 46.2 Å². The Balaban J connectivity index is 2.81. The molecule has 0 unspecified atom stereocenters. The maximum absolute atomic E-state index is 12.7. The molecule has 24 heavy (non-hydrogen) atoms. The van der Waals surface area contributed by atoms with Crippen LogP contribution in [0.2, 0.25) is 0 Å². The maximum Gasteiger partial charge on any atom is 0.295 e. The third-order valence-corrected chi connectivity index (χ3v) is 5.14. The lowest BCUT2D eigenvalue weighted by atomic mass is 10.00. The second-order valence-electron chi connectivity index (χ2n) is 5.28. The van der Waals surface area contributed by atoms with E-state index in [0.29, 0.717) is 11.1 Å². The van der Waals surface area contributed by atoms with Crippen LogP contribution in [0.4, 0.5) is 0 Å². The van der Waals surface area contributed by atoms with E-state index in [0.717, 1.165) is 12.1 Å². The predicted octanol–water partition coefficient (Wildman–Crippen LogP) is 2.03. The SMILES string of the molecule is Cc1ccc(S(=O)(=O)O)c(C(=O)c2cc(C)ccc2S(=O)(=O)O)c1. The molecule has 2 N–H and O–H groups in total. The molecule has 0 spiro atoms. The first-order chi connectivity index (χ1) is 10.9. The number of hydrogen-bond donors (Lipinski definition) is 2. The van der Waals surface area contributed by atoms with Crippen LogP contribution in [0.3, 0.4) is 0 Å². The van der Waals surface area contributed by atoms with Crippen LogP contribution in [-0.2, 0) is 20.2 Å². The molecule has 0 amide bonds. The summed E-state index contributed by atoms with van der Waals surface area (Å²) >= 11 is 0. The molecule has 2 aromatic rings. The van der Waals surface area contributed by atoms with Crippen LogP contribution in [0.25, 0.3) is 0 Å². The Kier molecular flexibility index (Phi) is 4.64. The monoisotopic (exact) mass is 370 g/mol. The highest BCUT2D eigenvalue weighted by Crippen LogP contribution is 2.25. The number of hydrogen-bond acceptors (Lipinski definition) is 5. The van der Waals surface area contributed by atoms with Crippen molar-refractivity contribution >= 4 is 26.0 Å². The van der Waals surface area contributed by atoms with Gasteiger partial charge in [-0.2, -0.15) is 16.8 Å². The topological polar surface area (TPSA) is 126 Å². The van der Waals surface area contributed by atoms with Gasteiger partial charge in [0.2, 0.25) is 0 Å². The predicted molar refractivity (Wildman–Crippen MR) is 85.4 cm³/mol. The lowest BCUT2D eigenvalue weighted by Crippen LogP contribution is -2.14. The molecule has 0 saturated heterocycles. The summed E-state index contributed by atoms with van der Waals surface area (Å²) in [5, 5.41) is 0. The summed E-state index contributed by atoms with van der Waals surface area (Å²) in [5.41, 5.74) is 0.305. The van der Waals surface area contributed by atoms with Crippen molar-refractivity contribution in [1.82, 2.24) is 0 Å². The van der Waals surface area contributed by atoms with Gasteiger partial charge < -0.3 is 0 Å². The molecular weight excluding hydrogens is 356 g/mol. The van der Waals surface area contributed by atoms with Crippen LogP contribution in [0.1, 0.15) is 27.0 Å². The second kappa shape index (κ2) is 6.10. The van der Waals surface area contributed by atoms with Gasteiger partial charge in [-0.3, -0.25) is 13.9 Å². The van der Waals surface area contributed by atoms with E-state index in [9.17, 15) is 30.7 Å². The minimum absolute atomic E-state index is 0.381. The van der Waals surface area contributed by atoms with Gasteiger partial charge >= 0.3 is 0 Å². The molecule has 0 atom stereocenters. The summed E-state index contributed by atoms with van der Waals surface area (Å²) < 4.78 is 64.5. The summed E-state index contributed by atoms with van der Waals surface area (Å²) in [6, 6.07) is 7.34. The third-order valence-electron chi connectivity index (χ3n) is 3.32. The van der Waals surface area contributed by atoms with Gasteiger partial charge in [0.15, 0.2) is 5.78 Å². The molecule has 0 saturated carbocycles. The van der Waals surface area contributed by atoms with Crippen molar-refractivity contribution in [2.24, 2.45) is 0 Å². The van der Waals surface area contributed by atoms with Crippen LogP contribution >= 0.6 is 0 Å². The number of carbonyl (C=O) groups excluding carboxylic acids is 1. The average Bonchev–Trinajstić information content (AvgIpc) is 2.43. The molecule has 0 bridgehead atoms. The summed E-state index contributed by atoms with van der Waals surface area (Å²) in [5.74, 6) is -0.942. The summed E-state index contributed by atoms with van der Waals surface area (Å²) in [7, 11) is -9.39. The molecule has 0 fully saturated rings. The summed E-state index contributed by atoms with van der Waals surface area (Å²) in [4.78, 5) is 11.5. The van der Waals surface area contributed by atoms with Gasteiger partial charge in [-0.15, -0.1) is 0 Å². The van der Waals surface area contributed by atoms with Crippen LogP contribution < -0.4 is 0 Å². The Bertz CT molecular complexity index is 952. The molecule has 0 aliphatic carbocycles.